The second kappa shape index (κ2) is 5.17. The number of benzene rings is 1. The van der Waals surface area contributed by atoms with Crippen molar-refractivity contribution in [2.45, 2.75) is 20.4 Å². The van der Waals surface area contributed by atoms with Gasteiger partial charge in [0.2, 0.25) is 0 Å². The number of methoxy groups -OCH3 is 1. The first-order valence-electron chi connectivity index (χ1n) is 5.76. The number of aryl methyl sites for hydroxylation is 1. The largest absolute Gasteiger partial charge is 0.494 e. The van der Waals surface area contributed by atoms with Gasteiger partial charge in [0.25, 0.3) is 0 Å². The normalized spacial score (nSPS) is 10.5. The van der Waals surface area contributed by atoms with Crippen LogP contribution in [0.5, 0.6) is 5.75 Å². The van der Waals surface area contributed by atoms with Gasteiger partial charge < -0.3 is 4.74 Å². The molecule has 0 atom stereocenters. The van der Waals surface area contributed by atoms with Crippen LogP contribution in [-0.4, -0.2) is 16.9 Å². The zero-order chi connectivity index (χ0) is 14.0. The Balaban J connectivity index is 2.31. The number of nitroso groups, excluding NO2 is 1. The average molecular weight is 263 g/mol. The lowest BCUT2D eigenvalue weighted by molar-refractivity contribution is 0.386. The van der Waals surface area contributed by atoms with Crippen LogP contribution < -0.4 is 4.74 Å². The first kappa shape index (κ1) is 13.2. The molecule has 0 spiro atoms. The van der Waals surface area contributed by atoms with E-state index in [0.29, 0.717) is 23.6 Å². The van der Waals surface area contributed by atoms with E-state index in [9.17, 15) is 9.30 Å². The summed E-state index contributed by atoms with van der Waals surface area (Å²) in [6.07, 6.45) is 0. The van der Waals surface area contributed by atoms with Crippen molar-refractivity contribution in [1.82, 2.24) is 9.78 Å². The quantitative estimate of drug-likeness (QED) is 0.796. The summed E-state index contributed by atoms with van der Waals surface area (Å²) in [4.78, 5) is 10.7. The number of ether oxygens (including phenoxy) is 1. The number of hydrogen-bond acceptors (Lipinski definition) is 4. The highest BCUT2D eigenvalue weighted by Crippen LogP contribution is 2.24. The molecular formula is C13H14FN3O2. The Morgan fingerprint density at radius 1 is 1.42 bits per heavy atom. The van der Waals surface area contributed by atoms with E-state index in [1.807, 2.05) is 0 Å². The molecule has 100 valence electrons. The lowest BCUT2D eigenvalue weighted by Gasteiger charge is -2.07. The predicted molar refractivity (Wildman–Crippen MR) is 69.2 cm³/mol. The van der Waals surface area contributed by atoms with Crippen molar-refractivity contribution in [1.29, 1.82) is 0 Å². The van der Waals surface area contributed by atoms with E-state index in [2.05, 4.69) is 10.3 Å². The van der Waals surface area contributed by atoms with E-state index in [1.165, 1.54) is 13.2 Å². The Bertz CT molecular complexity index is 623. The second-order valence-electron chi connectivity index (χ2n) is 4.24. The second-order valence-corrected chi connectivity index (χ2v) is 4.24. The average Bonchev–Trinajstić information content (AvgIpc) is 2.64. The maximum atomic E-state index is 13.6. The fourth-order valence-corrected chi connectivity index (χ4v) is 1.95. The van der Waals surface area contributed by atoms with Crippen LogP contribution in [0.1, 0.15) is 17.0 Å². The number of aromatic nitrogens is 2. The number of rotatable bonds is 4. The van der Waals surface area contributed by atoms with Gasteiger partial charge in [-0.25, -0.2) is 4.39 Å². The van der Waals surface area contributed by atoms with Gasteiger partial charge in [-0.05, 0) is 36.7 Å². The molecule has 0 bridgehead atoms. The van der Waals surface area contributed by atoms with Gasteiger partial charge in [-0.15, -0.1) is 4.91 Å². The number of nitrogens with zero attached hydrogens (tertiary/aromatic N) is 3. The molecule has 1 aromatic heterocycles. The van der Waals surface area contributed by atoms with Crippen molar-refractivity contribution in [3.05, 3.63) is 45.9 Å². The minimum Gasteiger partial charge on any atom is -0.494 e. The Kier molecular flexibility index (Phi) is 3.59. The predicted octanol–water partition coefficient (Wildman–Crippen LogP) is 3.09. The van der Waals surface area contributed by atoms with Crippen LogP contribution in [-0.2, 0) is 6.54 Å². The minimum absolute atomic E-state index is 0.201. The molecule has 2 aromatic rings. The van der Waals surface area contributed by atoms with Crippen molar-refractivity contribution < 1.29 is 9.13 Å². The Hall–Kier alpha value is -2.24. The van der Waals surface area contributed by atoms with E-state index in [4.69, 9.17) is 4.74 Å². The van der Waals surface area contributed by atoms with E-state index < -0.39 is 5.82 Å². The molecule has 0 saturated carbocycles. The molecule has 0 aliphatic rings. The topological polar surface area (TPSA) is 56.5 Å². The molecule has 6 heteroatoms. The van der Waals surface area contributed by atoms with Crippen molar-refractivity contribution in [3.63, 3.8) is 0 Å². The molecule has 2 rings (SSSR count). The summed E-state index contributed by atoms with van der Waals surface area (Å²) in [6.45, 7) is 3.86. The van der Waals surface area contributed by atoms with E-state index in [0.717, 1.165) is 5.56 Å². The highest BCUT2D eigenvalue weighted by Gasteiger charge is 2.12. The smallest absolute Gasteiger partial charge is 0.165 e. The zero-order valence-corrected chi connectivity index (χ0v) is 11.0. The first-order chi connectivity index (χ1) is 9.06. The molecule has 0 aliphatic carbocycles. The molecule has 0 saturated heterocycles. The van der Waals surface area contributed by atoms with Crippen molar-refractivity contribution in [2.75, 3.05) is 7.11 Å². The number of halogens is 1. The molecule has 1 heterocycles. The van der Waals surface area contributed by atoms with Crippen molar-refractivity contribution in [2.24, 2.45) is 5.18 Å². The molecule has 1 aromatic carbocycles. The van der Waals surface area contributed by atoms with Gasteiger partial charge in [0.1, 0.15) is 0 Å². The van der Waals surface area contributed by atoms with E-state index in [1.54, 1.807) is 30.7 Å². The zero-order valence-electron chi connectivity index (χ0n) is 11.0. The molecule has 0 unspecified atom stereocenters. The fourth-order valence-electron chi connectivity index (χ4n) is 1.95. The summed E-state index contributed by atoms with van der Waals surface area (Å²) in [5.74, 6) is -0.220. The molecular weight excluding hydrogens is 249 g/mol. The summed E-state index contributed by atoms with van der Waals surface area (Å²) in [5.41, 5.74) is 2.32. The Labute approximate surface area is 110 Å². The van der Waals surface area contributed by atoms with Gasteiger partial charge in [0.05, 0.1) is 25.0 Å². The summed E-state index contributed by atoms with van der Waals surface area (Å²) in [6, 6.07) is 4.71. The van der Waals surface area contributed by atoms with E-state index in [-0.39, 0.29) is 5.75 Å². The molecule has 0 amide bonds. The lowest BCUT2D eigenvalue weighted by atomic mass is 10.2. The van der Waals surface area contributed by atoms with Crippen LogP contribution in [0.2, 0.25) is 0 Å². The SMILES string of the molecule is COc1ccc(Cn2nc(C)c(N=O)c2C)cc1F. The van der Waals surface area contributed by atoms with Crippen LogP contribution in [0.3, 0.4) is 0 Å². The monoisotopic (exact) mass is 263 g/mol. The third kappa shape index (κ3) is 2.47. The third-order valence-electron chi connectivity index (χ3n) is 2.98. The molecule has 0 radical (unpaired) electrons. The molecule has 5 nitrogen and oxygen atoms in total. The lowest BCUT2D eigenvalue weighted by Crippen LogP contribution is -2.04. The van der Waals surface area contributed by atoms with Crippen molar-refractivity contribution in [3.8, 4) is 5.75 Å². The highest BCUT2D eigenvalue weighted by atomic mass is 19.1. The molecule has 0 aliphatic heterocycles. The van der Waals surface area contributed by atoms with Crippen molar-refractivity contribution >= 4 is 5.69 Å². The highest BCUT2D eigenvalue weighted by molar-refractivity contribution is 5.46. The van der Waals surface area contributed by atoms with Crippen LogP contribution in [0.15, 0.2) is 23.4 Å². The van der Waals surface area contributed by atoms with Crippen LogP contribution in [0, 0.1) is 24.6 Å². The van der Waals surface area contributed by atoms with Gasteiger partial charge in [0.15, 0.2) is 17.3 Å². The summed E-state index contributed by atoms with van der Waals surface area (Å²) in [5, 5.41) is 7.17. The van der Waals surface area contributed by atoms with Gasteiger partial charge in [0, 0.05) is 0 Å². The molecule has 19 heavy (non-hydrogen) atoms. The maximum absolute atomic E-state index is 13.6. The Morgan fingerprint density at radius 2 is 2.16 bits per heavy atom. The van der Waals surface area contributed by atoms with Gasteiger partial charge in [-0.2, -0.15) is 5.10 Å². The molecule has 0 fully saturated rings. The first-order valence-corrected chi connectivity index (χ1v) is 5.76. The maximum Gasteiger partial charge on any atom is 0.165 e. The van der Waals surface area contributed by atoms with Crippen LogP contribution >= 0.6 is 0 Å². The third-order valence-corrected chi connectivity index (χ3v) is 2.98. The molecule has 0 N–H and O–H groups in total. The number of hydrogen-bond donors (Lipinski definition) is 0. The van der Waals surface area contributed by atoms with E-state index >= 15 is 0 Å². The Morgan fingerprint density at radius 3 is 2.68 bits per heavy atom. The summed E-state index contributed by atoms with van der Waals surface area (Å²) in [7, 11) is 1.42. The van der Waals surface area contributed by atoms with Gasteiger partial charge in [-0.3, -0.25) is 4.68 Å². The van der Waals surface area contributed by atoms with Gasteiger partial charge in [-0.1, -0.05) is 6.07 Å². The fraction of sp³-hybridized carbons (Fsp3) is 0.308. The summed E-state index contributed by atoms with van der Waals surface area (Å²) < 4.78 is 20.1. The minimum atomic E-state index is -0.421. The van der Waals surface area contributed by atoms with Crippen LogP contribution in [0.4, 0.5) is 10.1 Å². The summed E-state index contributed by atoms with van der Waals surface area (Å²) >= 11 is 0. The van der Waals surface area contributed by atoms with Crippen LogP contribution in [0.25, 0.3) is 0 Å². The van der Waals surface area contributed by atoms with Gasteiger partial charge >= 0.3 is 0 Å². The standard InChI is InChI=1S/C13H14FN3O2/c1-8-13(16-18)9(2)17(15-8)7-10-4-5-12(19-3)11(14)6-10/h4-6H,7H2,1-3H3.